The zero-order valence-corrected chi connectivity index (χ0v) is 11.0. The van der Waals surface area contributed by atoms with Crippen LogP contribution in [0.25, 0.3) is 0 Å². The Bertz CT molecular complexity index is 356. The fourth-order valence-corrected chi connectivity index (χ4v) is 2.57. The van der Waals surface area contributed by atoms with Crippen LogP contribution in [-0.2, 0) is 0 Å². The van der Waals surface area contributed by atoms with E-state index in [4.69, 9.17) is 5.73 Å². The van der Waals surface area contributed by atoms with Gasteiger partial charge in [-0.3, -0.25) is 0 Å². The molecule has 1 aromatic rings. The van der Waals surface area contributed by atoms with Crippen molar-refractivity contribution in [1.82, 2.24) is 9.97 Å². The van der Waals surface area contributed by atoms with Crippen LogP contribution in [0.2, 0.25) is 0 Å². The number of rotatable bonds is 1. The van der Waals surface area contributed by atoms with Gasteiger partial charge in [0.1, 0.15) is 11.6 Å². The molecule has 0 atom stereocenters. The van der Waals surface area contributed by atoms with E-state index in [1.165, 1.54) is 44.9 Å². The van der Waals surface area contributed by atoms with E-state index in [0.717, 1.165) is 17.1 Å². The first-order valence-corrected chi connectivity index (χ1v) is 6.79. The molecule has 0 amide bonds. The Morgan fingerprint density at radius 3 is 2.12 bits per heavy atom. The van der Waals surface area contributed by atoms with Crippen LogP contribution in [0.3, 0.4) is 0 Å². The molecular weight excluding hydrogens is 210 g/mol. The summed E-state index contributed by atoms with van der Waals surface area (Å²) in [5.41, 5.74) is 8.01. The molecule has 2 N–H and O–H groups in total. The third kappa shape index (κ3) is 2.96. The first-order valence-electron chi connectivity index (χ1n) is 6.79. The van der Waals surface area contributed by atoms with Crippen LogP contribution >= 0.6 is 0 Å². The quantitative estimate of drug-likeness (QED) is 0.807. The molecule has 3 nitrogen and oxygen atoms in total. The fraction of sp³-hybridized carbons (Fsp3) is 0.714. The maximum absolute atomic E-state index is 5.95. The molecule has 0 bridgehead atoms. The molecule has 0 aromatic carbocycles. The van der Waals surface area contributed by atoms with E-state index in [-0.39, 0.29) is 0 Å². The van der Waals surface area contributed by atoms with Crippen LogP contribution in [0, 0.1) is 13.8 Å². The zero-order valence-electron chi connectivity index (χ0n) is 11.0. The van der Waals surface area contributed by atoms with Gasteiger partial charge in [0.15, 0.2) is 0 Å². The van der Waals surface area contributed by atoms with Crippen LogP contribution < -0.4 is 5.73 Å². The lowest BCUT2D eigenvalue weighted by atomic mass is 9.90. The summed E-state index contributed by atoms with van der Waals surface area (Å²) < 4.78 is 0. The largest absolute Gasteiger partial charge is 0.383 e. The maximum Gasteiger partial charge on any atom is 0.134 e. The van der Waals surface area contributed by atoms with E-state index in [1.807, 2.05) is 13.8 Å². The van der Waals surface area contributed by atoms with Crippen molar-refractivity contribution in [3.8, 4) is 0 Å². The maximum atomic E-state index is 5.95. The molecule has 1 aliphatic carbocycles. The van der Waals surface area contributed by atoms with Crippen molar-refractivity contribution in [2.45, 2.75) is 64.7 Å². The number of aryl methyl sites for hydroxylation is 1. The van der Waals surface area contributed by atoms with Gasteiger partial charge in [0, 0.05) is 17.2 Å². The number of hydrogen-bond acceptors (Lipinski definition) is 3. The van der Waals surface area contributed by atoms with E-state index in [1.54, 1.807) is 0 Å². The fourth-order valence-electron chi connectivity index (χ4n) is 2.57. The summed E-state index contributed by atoms with van der Waals surface area (Å²) in [6.07, 6.45) is 9.17. The lowest BCUT2D eigenvalue weighted by Gasteiger charge is -2.19. The monoisotopic (exact) mass is 233 g/mol. The number of nitrogens with two attached hydrogens (primary N) is 1. The molecule has 0 saturated heterocycles. The second-order valence-electron chi connectivity index (χ2n) is 5.22. The zero-order chi connectivity index (χ0) is 12.3. The van der Waals surface area contributed by atoms with Gasteiger partial charge >= 0.3 is 0 Å². The Kier molecular flexibility index (Phi) is 3.97. The molecule has 1 aliphatic rings. The first-order chi connectivity index (χ1) is 8.18. The van der Waals surface area contributed by atoms with E-state index in [2.05, 4.69) is 9.97 Å². The predicted molar refractivity (Wildman–Crippen MR) is 71.0 cm³/mol. The van der Waals surface area contributed by atoms with Crippen molar-refractivity contribution < 1.29 is 0 Å². The number of anilines is 1. The average molecular weight is 233 g/mol. The Balaban J connectivity index is 2.19. The summed E-state index contributed by atoms with van der Waals surface area (Å²) in [6.45, 7) is 4.02. The van der Waals surface area contributed by atoms with E-state index < -0.39 is 0 Å². The van der Waals surface area contributed by atoms with Crippen LogP contribution in [0.5, 0.6) is 0 Å². The van der Waals surface area contributed by atoms with Crippen molar-refractivity contribution in [2.24, 2.45) is 0 Å². The van der Waals surface area contributed by atoms with Gasteiger partial charge in [-0.1, -0.05) is 32.1 Å². The SMILES string of the molecule is Cc1nc(C2CCCCCCC2)nc(N)c1C. The summed E-state index contributed by atoms with van der Waals surface area (Å²) in [7, 11) is 0. The number of nitrogens with zero attached hydrogens (tertiary/aromatic N) is 2. The highest BCUT2D eigenvalue weighted by atomic mass is 15.0. The summed E-state index contributed by atoms with van der Waals surface area (Å²) in [5, 5.41) is 0. The summed E-state index contributed by atoms with van der Waals surface area (Å²) in [5.74, 6) is 2.17. The van der Waals surface area contributed by atoms with Gasteiger partial charge in [-0.05, 0) is 26.7 Å². The van der Waals surface area contributed by atoms with Crippen molar-refractivity contribution in [3.63, 3.8) is 0 Å². The van der Waals surface area contributed by atoms with E-state index >= 15 is 0 Å². The predicted octanol–water partition coefficient (Wildman–Crippen LogP) is 3.50. The Morgan fingerprint density at radius 1 is 0.941 bits per heavy atom. The van der Waals surface area contributed by atoms with Crippen LogP contribution in [0.1, 0.15) is 67.9 Å². The molecule has 0 unspecified atom stereocenters. The van der Waals surface area contributed by atoms with E-state index in [9.17, 15) is 0 Å². The van der Waals surface area contributed by atoms with Gasteiger partial charge in [0.25, 0.3) is 0 Å². The minimum absolute atomic E-state index is 0.525. The lowest BCUT2D eigenvalue weighted by molar-refractivity contribution is 0.442. The Morgan fingerprint density at radius 2 is 1.53 bits per heavy atom. The van der Waals surface area contributed by atoms with Gasteiger partial charge in [-0.15, -0.1) is 0 Å². The third-order valence-corrected chi connectivity index (χ3v) is 3.91. The van der Waals surface area contributed by atoms with Crippen LogP contribution in [-0.4, -0.2) is 9.97 Å². The van der Waals surface area contributed by atoms with Crippen molar-refractivity contribution in [2.75, 3.05) is 5.73 Å². The highest BCUT2D eigenvalue weighted by Gasteiger charge is 2.17. The molecule has 1 aromatic heterocycles. The summed E-state index contributed by atoms with van der Waals surface area (Å²) in [4.78, 5) is 9.13. The molecule has 94 valence electrons. The third-order valence-electron chi connectivity index (χ3n) is 3.91. The molecule has 2 rings (SSSR count). The van der Waals surface area contributed by atoms with Crippen molar-refractivity contribution in [1.29, 1.82) is 0 Å². The smallest absolute Gasteiger partial charge is 0.134 e. The van der Waals surface area contributed by atoms with Crippen LogP contribution in [0.4, 0.5) is 5.82 Å². The Labute approximate surface area is 104 Å². The summed E-state index contributed by atoms with van der Waals surface area (Å²) in [6, 6.07) is 0. The lowest BCUT2D eigenvalue weighted by Crippen LogP contribution is -2.11. The van der Waals surface area contributed by atoms with Crippen molar-refractivity contribution >= 4 is 5.82 Å². The minimum atomic E-state index is 0.525. The minimum Gasteiger partial charge on any atom is -0.383 e. The second kappa shape index (κ2) is 5.48. The van der Waals surface area contributed by atoms with Gasteiger partial charge in [0.2, 0.25) is 0 Å². The van der Waals surface area contributed by atoms with Crippen LogP contribution in [0.15, 0.2) is 0 Å². The Hall–Kier alpha value is -1.12. The molecule has 1 heterocycles. The molecule has 17 heavy (non-hydrogen) atoms. The molecular formula is C14H23N3. The summed E-state index contributed by atoms with van der Waals surface area (Å²) >= 11 is 0. The molecule has 0 radical (unpaired) electrons. The highest BCUT2D eigenvalue weighted by molar-refractivity contribution is 5.40. The normalized spacial score (nSPS) is 18.7. The average Bonchev–Trinajstić information content (AvgIpc) is 2.25. The second-order valence-corrected chi connectivity index (χ2v) is 5.22. The van der Waals surface area contributed by atoms with Crippen molar-refractivity contribution in [3.05, 3.63) is 17.1 Å². The molecule has 0 spiro atoms. The van der Waals surface area contributed by atoms with E-state index in [0.29, 0.717) is 11.7 Å². The first kappa shape index (κ1) is 12.3. The van der Waals surface area contributed by atoms with Gasteiger partial charge in [-0.2, -0.15) is 0 Å². The number of aromatic nitrogens is 2. The molecule has 0 aliphatic heterocycles. The number of nitrogen functional groups attached to an aromatic ring is 1. The molecule has 1 saturated carbocycles. The molecule has 1 fully saturated rings. The van der Waals surface area contributed by atoms with Gasteiger partial charge in [0.05, 0.1) is 0 Å². The van der Waals surface area contributed by atoms with Gasteiger partial charge < -0.3 is 5.73 Å². The molecule has 3 heteroatoms. The topological polar surface area (TPSA) is 51.8 Å². The highest BCUT2D eigenvalue weighted by Crippen LogP contribution is 2.29. The standard InChI is InChI=1S/C14H23N3/c1-10-11(2)16-14(17-13(10)15)12-8-6-4-3-5-7-9-12/h12H,3-9H2,1-2H3,(H2,15,16,17). The number of hydrogen-bond donors (Lipinski definition) is 1. The van der Waals surface area contributed by atoms with Gasteiger partial charge in [-0.25, -0.2) is 9.97 Å².